The van der Waals surface area contributed by atoms with Crippen molar-refractivity contribution in [2.75, 3.05) is 18.4 Å². The van der Waals surface area contributed by atoms with E-state index in [1.165, 1.54) is 31.4 Å². The molecular weight excluding hydrogens is 628 g/mol. The van der Waals surface area contributed by atoms with Crippen LogP contribution in [-0.2, 0) is 29.6 Å². The van der Waals surface area contributed by atoms with E-state index < -0.39 is 38.6 Å². The van der Waals surface area contributed by atoms with Gasteiger partial charge in [-0.15, -0.1) is 0 Å². The van der Waals surface area contributed by atoms with Crippen molar-refractivity contribution in [2.24, 2.45) is 0 Å². The molecule has 0 unspecified atom stereocenters. The molecule has 0 bridgehead atoms. The Bertz CT molecular complexity index is 1740. The highest BCUT2D eigenvalue weighted by Gasteiger charge is 2.37. The Morgan fingerprint density at radius 3 is 1.95 bits per heavy atom. The zero-order valence-corrected chi connectivity index (χ0v) is 25.8. The number of aryl methyl sites for hydroxylation is 2. The van der Waals surface area contributed by atoms with Crippen molar-refractivity contribution in [3.8, 4) is 0 Å². The van der Waals surface area contributed by atoms with Crippen LogP contribution in [0, 0.1) is 13.8 Å². The third kappa shape index (κ3) is 7.05. The molecule has 0 spiro atoms. The summed E-state index contributed by atoms with van der Waals surface area (Å²) in [5.41, 5.74) is 2.73. The summed E-state index contributed by atoms with van der Waals surface area (Å²) in [6, 6.07) is 25.1. The number of nitrogens with one attached hydrogen (secondary N) is 1. The molecule has 41 heavy (non-hydrogen) atoms. The summed E-state index contributed by atoms with van der Waals surface area (Å²) < 4.78 is 64.4. The lowest BCUT2D eigenvalue weighted by Crippen LogP contribution is -2.40. The number of carbonyl (C=O) groups excluding carboxylic acids is 1. The van der Waals surface area contributed by atoms with E-state index in [9.17, 15) is 21.6 Å². The third-order valence-electron chi connectivity index (χ3n) is 6.43. The minimum absolute atomic E-state index is 0.0234. The number of ether oxygens (including phenoxy) is 1. The van der Waals surface area contributed by atoms with E-state index in [0.717, 1.165) is 15.4 Å². The predicted molar refractivity (Wildman–Crippen MR) is 162 cm³/mol. The quantitative estimate of drug-likeness (QED) is 0.215. The number of hydrogen-bond donors (Lipinski definition) is 1. The van der Waals surface area contributed by atoms with Gasteiger partial charge in [-0.2, -0.15) is 4.31 Å². The number of carbonyl (C=O) groups is 1. The maximum absolute atomic E-state index is 14.2. The minimum atomic E-state index is -4.31. The molecular formula is C30H29BrN2O6S2. The number of nitrogens with zero attached hydrogens (tertiary/aromatic N) is 1. The highest BCUT2D eigenvalue weighted by molar-refractivity contribution is 9.10. The van der Waals surface area contributed by atoms with Gasteiger partial charge in [-0.25, -0.2) is 16.8 Å². The van der Waals surface area contributed by atoms with E-state index in [-0.39, 0.29) is 15.5 Å². The SMILES string of the molecule is COC(=O)CN([C@H](c1ccccc1)c1cc(Br)ccc1NS(=O)(=O)c1ccc(C)cc1)S(=O)(=O)c1ccc(C)cc1. The summed E-state index contributed by atoms with van der Waals surface area (Å²) in [7, 11) is -7.18. The lowest BCUT2D eigenvalue weighted by molar-refractivity contribution is -0.141. The summed E-state index contributed by atoms with van der Waals surface area (Å²) in [4.78, 5) is 12.7. The number of rotatable bonds is 10. The second kappa shape index (κ2) is 12.6. The minimum Gasteiger partial charge on any atom is -0.468 e. The van der Waals surface area contributed by atoms with Crippen molar-refractivity contribution in [3.63, 3.8) is 0 Å². The smallest absolute Gasteiger partial charge is 0.321 e. The normalized spacial score (nSPS) is 12.6. The van der Waals surface area contributed by atoms with Gasteiger partial charge < -0.3 is 4.74 Å². The first kappa shape index (κ1) is 30.4. The Morgan fingerprint density at radius 1 is 0.829 bits per heavy atom. The third-order valence-corrected chi connectivity index (χ3v) is 10.1. The lowest BCUT2D eigenvalue weighted by atomic mass is 9.97. The van der Waals surface area contributed by atoms with Gasteiger partial charge in [0.25, 0.3) is 10.0 Å². The van der Waals surface area contributed by atoms with Crippen molar-refractivity contribution in [3.05, 3.63) is 124 Å². The van der Waals surface area contributed by atoms with Gasteiger partial charge in [0.15, 0.2) is 0 Å². The molecule has 4 aromatic rings. The van der Waals surface area contributed by atoms with E-state index in [1.54, 1.807) is 72.8 Å². The summed E-state index contributed by atoms with van der Waals surface area (Å²) in [5, 5.41) is 0. The molecule has 0 aliphatic carbocycles. The fraction of sp³-hybridized carbons (Fsp3) is 0.167. The number of anilines is 1. The van der Waals surface area contributed by atoms with Crippen LogP contribution in [0.25, 0.3) is 0 Å². The molecule has 8 nitrogen and oxygen atoms in total. The molecule has 0 aliphatic heterocycles. The van der Waals surface area contributed by atoms with E-state index >= 15 is 0 Å². The van der Waals surface area contributed by atoms with Crippen LogP contribution in [0.5, 0.6) is 0 Å². The molecule has 0 saturated carbocycles. The molecule has 1 N–H and O–H groups in total. The summed E-state index contributed by atoms with van der Waals surface area (Å²) in [6.07, 6.45) is 0. The number of benzene rings is 4. The van der Waals surface area contributed by atoms with Crippen LogP contribution in [0.2, 0.25) is 0 Å². The van der Waals surface area contributed by atoms with Crippen LogP contribution in [0.4, 0.5) is 5.69 Å². The average Bonchev–Trinajstić information content (AvgIpc) is 2.95. The molecule has 0 saturated heterocycles. The van der Waals surface area contributed by atoms with Crippen molar-refractivity contribution in [2.45, 2.75) is 29.7 Å². The number of hydrogen-bond acceptors (Lipinski definition) is 6. The Kier molecular flexibility index (Phi) is 9.33. The number of esters is 1. The van der Waals surface area contributed by atoms with E-state index in [2.05, 4.69) is 20.7 Å². The average molecular weight is 658 g/mol. The Morgan fingerprint density at radius 2 is 1.39 bits per heavy atom. The van der Waals surface area contributed by atoms with Crippen molar-refractivity contribution in [1.82, 2.24) is 4.31 Å². The predicted octanol–water partition coefficient (Wildman–Crippen LogP) is 5.82. The molecule has 0 fully saturated rings. The van der Waals surface area contributed by atoms with Gasteiger partial charge in [0.05, 0.1) is 28.6 Å². The number of halogens is 1. The zero-order chi connectivity index (χ0) is 29.8. The zero-order valence-electron chi connectivity index (χ0n) is 22.6. The van der Waals surface area contributed by atoms with Crippen LogP contribution in [0.15, 0.2) is 111 Å². The van der Waals surface area contributed by atoms with Crippen LogP contribution < -0.4 is 4.72 Å². The second-order valence-corrected chi connectivity index (χ2v) is 13.9. The molecule has 0 amide bonds. The second-order valence-electron chi connectivity index (χ2n) is 9.40. The van der Waals surface area contributed by atoms with E-state index in [0.29, 0.717) is 15.6 Å². The highest BCUT2D eigenvalue weighted by atomic mass is 79.9. The van der Waals surface area contributed by atoms with E-state index in [1.807, 2.05) is 13.8 Å². The summed E-state index contributed by atoms with van der Waals surface area (Å²) in [5.74, 6) is -0.779. The first-order valence-electron chi connectivity index (χ1n) is 12.5. The maximum atomic E-state index is 14.2. The van der Waals surface area contributed by atoms with Crippen molar-refractivity contribution in [1.29, 1.82) is 0 Å². The van der Waals surface area contributed by atoms with Crippen LogP contribution in [-0.4, -0.2) is 40.8 Å². The topological polar surface area (TPSA) is 110 Å². The maximum Gasteiger partial charge on any atom is 0.321 e. The highest BCUT2D eigenvalue weighted by Crippen LogP contribution is 2.39. The fourth-order valence-electron chi connectivity index (χ4n) is 4.26. The van der Waals surface area contributed by atoms with Gasteiger partial charge in [-0.1, -0.05) is 81.7 Å². The molecule has 0 aliphatic rings. The molecule has 0 heterocycles. The largest absolute Gasteiger partial charge is 0.468 e. The lowest BCUT2D eigenvalue weighted by Gasteiger charge is -2.32. The van der Waals surface area contributed by atoms with E-state index in [4.69, 9.17) is 4.74 Å². The van der Waals surface area contributed by atoms with Crippen molar-refractivity contribution < 1.29 is 26.4 Å². The Balaban J connectivity index is 1.95. The first-order chi connectivity index (χ1) is 19.4. The van der Waals surface area contributed by atoms with Gasteiger partial charge in [0.1, 0.15) is 6.54 Å². The molecule has 1 atom stereocenters. The standard InChI is InChI=1S/C30H29BrN2O6S2/c1-21-9-14-25(15-10-21)40(35,36)32-28-18-13-24(31)19-27(28)30(23-7-5-4-6-8-23)33(20-29(34)39-3)41(37,38)26-16-11-22(2)12-17-26/h4-19,30,32H,20H2,1-3H3/t30-/m1/s1. The molecule has 214 valence electrons. The molecule has 4 rings (SSSR count). The number of sulfonamides is 2. The monoisotopic (exact) mass is 656 g/mol. The molecule has 0 aromatic heterocycles. The molecule has 4 aromatic carbocycles. The fourth-order valence-corrected chi connectivity index (χ4v) is 7.27. The van der Waals surface area contributed by atoms with Gasteiger partial charge in [0.2, 0.25) is 10.0 Å². The number of methoxy groups -OCH3 is 1. The van der Waals surface area contributed by atoms with Gasteiger partial charge in [0, 0.05) is 10.0 Å². The van der Waals surface area contributed by atoms with Crippen molar-refractivity contribution >= 4 is 47.6 Å². The summed E-state index contributed by atoms with van der Waals surface area (Å²) >= 11 is 3.45. The van der Waals surface area contributed by atoms with Gasteiger partial charge >= 0.3 is 5.97 Å². The molecule has 0 radical (unpaired) electrons. The molecule has 11 heteroatoms. The Hall–Kier alpha value is -3.51. The van der Waals surface area contributed by atoms with Crippen LogP contribution in [0.1, 0.15) is 28.3 Å². The Labute approximate surface area is 249 Å². The van der Waals surface area contributed by atoms with Gasteiger partial charge in [-0.05, 0) is 61.9 Å². The first-order valence-corrected chi connectivity index (χ1v) is 16.2. The summed E-state index contributed by atoms with van der Waals surface area (Å²) in [6.45, 7) is 3.07. The van der Waals surface area contributed by atoms with Crippen LogP contribution in [0.3, 0.4) is 0 Å². The van der Waals surface area contributed by atoms with Gasteiger partial charge in [-0.3, -0.25) is 9.52 Å². The van der Waals surface area contributed by atoms with Crippen LogP contribution >= 0.6 is 15.9 Å².